The van der Waals surface area contributed by atoms with Gasteiger partial charge in [-0.3, -0.25) is 4.79 Å². The second kappa shape index (κ2) is 5.80. The molecule has 1 aromatic carbocycles. The standard InChI is InChI=1S/C18H26N2O/c1-4-9-19-18(15-10-12(15)2)14-5-7-16-13(11-14)6-8-17(21)20(16)3/h5,7,11-12,15,18-19H,4,6,8-10H2,1-3H3. The average molecular weight is 286 g/mol. The zero-order valence-electron chi connectivity index (χ0n) is 13.4. The Balaban J connectivity index is 1.86. The first-order valence-corrected chi connectivity index (χ1v) is 8.24. The van der Waals surface area contributed by atoms with Gasteiger partial charge in [0.15, 0.2) is 0 Å². The fourth-order valence-electron chi connectivity index (χ4n) is 3.50. The summed E-state index contributed by atoms with van der Waals surface area (Å²) in [5.41, 5.74) is 3.82. The molecule has 1 fully saturated rings. The Hall–Kier alpha value is -1.35. The molecule has 1 aliphatic heterocycles. The van der Waals surface area contributed by atoms with Crippen LogP contribution >= 0.6 is 0 Å². The molecule has 3 unspecified atom stereocenters. The number of aryl methyl sites for hydroxylation is 1. The van der Waals surface area contributed by atoms with Crippen molar-refractivity contribution in [1.82, 2.24) is 5.32 Å². The third kappa shape index (κ3) is 2.84. The lowest BCUT2D eigenvalue weighted by Crippen LogP contribution is -2.31. The molecular formula is C18H26N2O. The van der Waals surface area contributed by atoms with Crippen molar-refractivity contribution in [3.05, 3.63) is 29.3 Å². The summed E-state index contributed by atoms with van der Waals surface area (Å²) in [5, 5.41) is 3.72. The molecule has 0 saturated heterocycles. The zero-order valence-corrected chi connectivity index (χ0v) is 13.4. The molecule has 0 spiro atoms. The quantitative estimate of drug-likeness (QED) is 0.901. The lowest BCUT2D eigenvalue weighted by Gasteiger charge is -2.28. The number of carbonyl (C=O) groups is 1. The molecular weight excluding hydrogens is 260 g/mol. The third-order valence-electron chi connectivity index (χ3n) is 5.02. The number of anilines is 1. The topological polar surface area (TPSA) is 32.3 Å². The van der Waals surface area contributed by atoms with Crippen molar-refractivity contribution in [2.45, 2.75) is 45.6 Å². The third-order valence-corrected chi connectivity index (χ3v) is 5.02. The van der Waals surface area contributed by atoms with Crippen LogP contribution in [0.3, 0.4) is 0 Å². The van der Waals surface area contributed by atoms with Crippen LogP contribution in [0.25, 0.3) is 0 Å². The van der Waals surface area contributed by atoms with Crippen molar-refractivity contribution >= 4 is 11.6 Å². The minimum absolute atomic E-state index is 0.228. The van der Waals surface area contributed by atoms with Gasteiger partial charge in [0.05, 0.1) is 0 Å². The smallest absolute Gasteiger partial charge is 0.227 e. The van der Waals surface area contributed by atoms with E-state index in [0.717, 1.165) is 30.5 Å². The highest BCUT2D eigenvalue weighted by atomic mass is 16.2. The van der Waals surface area contributed by atoms with Gasteiger partial charge >= 0.3 is 0 Å². The van der Waals surface area contributed by atoms with Crippen LogP contribution in [0.15, 0.2) is 18.2 Å². The number of nitrogens with one attached hydrogen (secondary N) is 1. The summed E-state index contributed by atoms with van der Waals surface area (Å²) in [5.74, 6) is 1.84. The van der Waals surface area contributed by atoms with Crippen LogP contribution in [0.1, 0.15) is 50.3 Å². The predicted octanol–water partition coefficient (Wildman–Crippen LogP) is 3.29. The first kappa shape index (κ1) is 14.6. The number of amides is 1. The maximum atomic E-state index is 11.8. The predicted molar refractivity (Wildman–Crippen MR) is 86.5 cm³/mol. The van der Waals surface area contributed by atoms with E-state index < -0.39 is 0 Å². The molecule has 2 aliphatic rings. The minimum Gasteiger partial charge on any atom is -0.315 e. The maximum Gasteiger partial charge on any atom is 0.227 e. The second-order valence-electron chi connectivity index (χ2n) is 6.65. The van der Waals surface area contributed by atoms with Gasteiger partial charge in [-0.25, -0.2) is 0 Å². The first-order chi connectivity index (χ1) is 10.1. The number of benzene rings is 1. The SMILES string of the molecule is CCCNC(c1ccc2c(c1)CCC(=O)N2C)C1CC1C. The van der Waals surface area contributed by atoms with Crippen LogP contribution in [0, 0.1) is 11.8 Å². The number of carbonyl (C=O) groups excluding carboxylic acids is 1. The second-order valence-corrected chi connectivity index (χ2v) is 6.65. The molecule has 1 amide bonds. The van der Waals surface area contributed by atoms with Gasteiger partial charge in [0, 0.05) is 25.2 Å². The van der Waals surface area contributed by atoms with Gasteiger partial charge in [-0.05, 0) is 54.8 Å². The van der Waals surface area contributed by atoms with Gasteiger partial charge in [0.25, 0.3) is 0 Å². The van der Waals surface area contributed by atoms with Crippen LogP contribution in [0.2, 0.25) is 0 Å². The van der Waals surface area contributed by atoms with Crippen molar-refractivity contribution in [3.63, 3.8) is 0 Å². The molecule has 1 heterocycles. The van der Waals surface area contributed by atoms with E-state index in [1.54, 1.807) is 4.90 Å². The average Bonchev–Trinajstić information content (AvgIpc) is 3.20. The van der Waals surface area contributed by atoms with E-state index in [1.807, 2.05) is 7.05 Å². The largest absolute Gasteiger partial charge is 0.315 e. The molecule has 0 bridgehead atoms. The van der Waals surface area contributed by atoms with Gasteiger partial charge < -0.3 is 10.2 Å². The van der Waals surface area contributed by atoms with Crippen molar-refractivity contribution in [1.29, 1.82) is 0 Å². The molecule has 1 aliphatic carbocycles. The Morgan fingerprint density at radius 2 is 2.14 bits per heavy atom. The lowest BCUT2D eigenvalue weighted by molar-refractivity contribution is -0.118. The summed E-state index contributed by atoms with van der Waals surface area (Å²) >= 11 is 0. The molecule has 3 nitrogen and oxygen atoms in total. The van der Waals surface area contributed by atoms with Crippen molar-refractivity contribution in [2.75, 3.05) is 18.5 Å². The van der Waals surface area contributed by atoms with E-state index in [9.17, 15) is 4.79 Å². The number of hydrogen-bond acceptors (Lipinski definition) is 2. The number of nitrogens with zero attached hydrogens (tertiary/aromatic N) is 1. The Labute approximate surface area is 127 Å². The molecule has 21 heavy (non-hydrogen) atoms. The van der Waals surface area contributed by atoms with Gasteiger partial charge in [0.1, 0.15) is 0 Å². The van der Waals surface area contributed by atoms with Crippen molar-refractivity contribution in [3.8, 4) is 0 Å². The van der Waals surface area contributed by atoms with Gasteiger partial charge in [-0.2, -0.15) is 0 Å². The molecule has 3 heteroatoms. The van der Waals surface area contributed by atoms with Crippen LogP contribution in [-0.2, 0) is 11.2 Å². The van der Waals surface area contributed by atoms with E-state index in [1.165, 1.54) is 24.0 Å². The summed E-state index contributed by atoms with van der Waals surface area (Å²) in [6.45, 7) is 5.63. The van der Waals surface area contributed by atoms with Gasteiger partial charge in [-0.1, -0.05) is 26.0 Å². The molecule has 1 N–H and O–H groups in total. The molecule has 0 aromatic heterocycles. The van der Waals surface area contributed by atoms with Crippen LogP contribution in [-0.4, -0.2) is 19.5 Å². The number of hydrogen-bond donors (Lipinski definition) is 1. The zero-order chi connectivity index (χ0) is 15.0. The molecule has 0 radical (unpaired) electrons. The van der Waals surface area contributed by atoms with Crippen molar-refractivity contribution < 1.29 is 4.79 Å². The van der Waals surface area contributed by atoms with E-state index in [2.05, 4.69) is 37.4 Å². The number of fused-ring (bicyclic) bond motifs is 1. The molecule has 3 atom stereocenters. The lowest BCUT2D eigenvalue weighted by atomic mass is 9.94. The first-order valence-electron chi connectivity index (χ1n) is 8.24. The molecule has 3 rings (SSSR count). The molecule has 1 saturated carbocycles. The van der Waals surface area contributed by atoms with Gasteiger partial charge in [-0.15, -0.1) is 0 Å². The highest BCUT2D eigenvalue weighted by molar-refractivity contribution is 5.95. The Morgan fingerprint density at radius 3 is 2.81 bits per heavy atom. The van der Waals surface area contributed by atoms with E-state index >= 15 is 0 Å². The normalized spacial score (nSPS) is 25.7. The van der Waals surface area contributed by atoms with Crippen LogP contribution < -0.4 is 10.2 Å². The highest BCUT2D eigenvalue weighted by Crippen LogP contribution is 2.47. The molecule has 1 aromatic rings. The summed E-state index contributed by atoms with van der Waals surface area (Å²) in [6.07, 6.45) is 4.02. The fraction of sp³-hybridized carbons (Fsp3) is 0.611. The summed E-state index contributed by atoms with van der Waals surface area (Å²) in [6, 6.07) is 7.16. The van der Waals surface area contributed by atoms with Crippen molar-refractivity contribution in [2.24, 2.45) is 11.8 Å². The van der Waals surface area contributed by atoms with Gasteiger partial charge in [0.2, 0.25) is 5.91 Å². The van der Waals surface area contributed by atoms with E-state index in [0.29, 0.717) is 12.5 Å². The Kier molecular flexibility index (Phi) is 4.03. The monoisotopic (exact) mass is 286 g/mol. The van der Waals surface area contributed by atoms with E-state index in [-0.39, 0.29) is 5.91 Å². The van der Waals surface area contributed by atoms with Crippen LogP contribution in [0.5, 0.6) is 0 Å². The Bertz CT molecular complexity index is 540. The minimum atomic E-state index is 0.228. The maximum absolute atomic E-state index is 11.8. The molecule has 114 valence electrons. The van der Waals surface area contributed by atoms with Crippen LogP contribution in [0.4, 0.5) is 5.69 Å². The summed E-state index contributed by atoms with van der Waals surface area (Å²) in [4.78, 5) is 13.6. The summed E-state index contributed by atoms with van der Waals surface area (Å²) < 4.78 is 0. The highest BCUT2D eigenvalue weighted by Gasteiger charge is 2.40. The fourth-order valence-corrected chi connectivity index (χ4v) is 3.50. The van der Waals surface area contributed by atoms with E-state index in [4.69, 9.17) is 0 Å². The summed E-state index contributed by atoms with van der Waals surface area (Å²) in [7, 11) is 1.88. The number of rotatable bonds is 5. The Morgan fingerprint density at radius 1 is 1.38 bits per heavy atom.